The Morgan fingerprint density at radius 1 is 1.22 bits per heavy atom. The van der Waals surface area contributed by atoms with E-state index in [4.69, 9.17) is 4.74 Å². The van der Waals surface area contributed by atoms with Crippen LogP contribution in [0.3, 0.4) is 0 Å². The summed E-state index contributed by atoms with van der Waals surface area (Å²) in [6.07, 6.45) is 0.474. The molecule has 0 aliphatic heterocycles. The van der Waals surface area contributed by atoms with Crippen molar-refractivity contribution in [1.82, 2.24) is 0 Å². The van der Waals surface area contributed by atoms with E-state index >= 15 is 0 Å². The fourth-order valence-electron chi connectivity index (χ4n) is 2.22. The molecule has 0 aliphatic carbocycles. The molecule has 100 valence electrons. The first-order valence-corrected chi connectivity index (χ1v) is 6.13. The van der Waals surface area contributed by atoms with Crippen molar-refractivity contribution in [3.05, 3.63) is 34.4 Å². The second kappa shape index (κ2) is 5.53. The predicted molar refractivity (Wildman–Crippen MR) is 72.1 cm³/mol. The second-order valence-corrected chi connectivity index (χ2v) is 5.13. The van der Waals surface area contributed by atoms with Crippen LogP contribution in [-0.4, -0.2) is 24.8 Å². The minimum absolute atomic E-state index is 0.440. The van der Waals surface area contributed by atoms with Gasteiger partial charge in [-0.05, 0) is 56.4 Å². The maximum atomic E-state index is 11.6. The molecular formula is C15H22O3. The van der Waals surface area contributed by atoms with Crippen LogP contribution < -0.4 is 0 Å². The molecule has 0 amide bonds. The van der Waals surface area contributed by atoms with E-state index in [1.54, 1.807) is 14.0 Å². The Labute approximate surface area is 109 Å². The van der Waals surface area contributed by atoms with Gasteiger partial charge in [0.2, 0.25) is 0 Å². The summed E-state index contributed by atoms with van der Waals surface area (Å²) < 4.78 is 5.04. The van der Waals surface area contributed by atoms with Crippen LogP contribution in [0.25, 0.3) is 0 Å². The van der Waals surface area contributed by atoms with Crippen molar-refractivity contribution < 1.29 is 14.6 Å². The number of benzene rings is 1. The van der Waals surface area contributed by atoms with E-state index in [-0.39, 0.29) is 0 Å². The lowest BCUT2D eigenvalue weighted by Crippen LogP contribution is -2.34. The normalized spacial score (nSPS) is 14.3. The van der Waals surface area contributed by atoms with Crippen molar-refractivity contribution in [1.29, 1.82) is 0 Å². The molecule has 0 aromatic heterocycles. The lowest BCUT2D eigenvalue weighted by Gasteiger charge is -2.27. The average Bonchev–Trinajstić information content (AvgIpc) is 2.30. The maximum Gasteiger partial charge on any atom is 0.313 e. The summed E-state index contributed by atoms with van der Waals surface area (Å²) in [7, 11) is 1.59. The SMILES string of the molecule is COCCC(C)(C(=O)O)c1cc(C)c(C)cc1C. The van der Waals surface area contributed by atoms with Gasteiger partial charge in [0.05, 0.1) is 5.41 Å². The minimum atomic E-state index is -0.890. The monoisotopic (exact) mass is 250 g/mol. The Hall–Kier alpha value is -1.35. The van der Waals surface area contributed by atoms with Gasteiger partial charge in [0.25, 0.3) is 0 Å². The highest BCUT2D eigenvalue weighted by molar-refractivity contribution is 5.81. The highest BCUT2D eigenvalue weighted by Crippen LogP contribution is 2.32. The number of carboxylic acids is 1. The third kappa shape index (κ3) is 2.72. The van der Waals surface area contributed by atoms with Crippen LogP contribution in [-0.2, 0) is 14.9 Å². The van der Waals surface area contributed by atoms with Crippen molar-refractivity contribution >= 4 is 5.97 Å². The molecule has 3 nitrogen and oxygen atoms in total. The Bertz CT molecular complexity index is 451. The van der Waals surface area contributed by atoms with E-state index in [1.807, 2.05) is 26.8 Å². The summed E-state index contributed by atoms with van der Waals surface area (Å²) in [6, 6.07) is 4.05. The largest absolute Gasteiger partial charge is 0.481 e. The quantitative estimate of drug-likeness (QED) is 0.873. The van der Waals surface area contributed by atoms with Crippen LogP contribution in [0.15, 0.2) is 12.1 Å². The van der Waals surface area contributed by atoms with Crippen molar-refractivity contribution in [3.63, 3.8) is 0 Å². The zero-order valence-electron chi connectivity index (χ0n) is 11.8. The second-order valence-electron chi connectivity index (χ2n) is 5.13. The van der Waals surface area contributed by atoms with Crippen LogP contribution in [0.2, 0.25) is 0 Å². The third-order valence-corrected chi connectivity index (χ3v) is 3.71. The van der Waals surface area contributed by atoms with Gasteiger partial charge in [-0.2, -0.15) is 0 Å². The zero-order valence-corrected chi connectivity index (χ0v) is 11.8. The molecule has 0 radical (unpaired) electrons. The van der Waals surface area contributed by atoms with Crippen LogP contribution in [0.1, 0.15) is 35.6 Å². The van der Waals surface area contributed by atoms with Gasteiger partial charge in [-0.1, -0.05) is 12.1 Å². The molecule has 1 unspecified atom stereocenters. The minimum Gasteiger partial charge on any atom is -0.481 e. The molecular weight excluding hydrogens is 228 g/mol. The molecule has 18 heavy (non-hydrogen) atoms. The van der Waals surface area contributed by atoms with Gasteiger partial charge in [-0.3, -0.25) is 4.79 Å². The van der Waals surface area contributed by atoms with Crippen molar-refractivity contribution in [3.8, 4) is 0 Å². The van der Waals surface area contributed by atoms with Gasteiger partial charge in [0.15, 0.2) is 0 Å². The Balaban J connectivity index is 3.29. The van der Waals surface area contributed by atoms with E-state index < -0.39 is 11.4 Å². The van der Waals surface area contributed by atoms with Crippen molar-refractivity contribution in [2.75, 3.05) is 13.7 Å². The van der Waals surface area contributed by atoms with Gasteiger partial charge in [-0.15, -0.1) is 0 Å². The number of methoxy groups -OCH3 is 1. The fourth-order valence-corrected chi connectivity index (χ4v) is 2.22. The number of aryl methyl sites for hydroxylation is 3. The molecule has 0 aliphatic rings. The molecule has 1 aromatic rings. The number of hydrogen-bond donors (Lipinski definition) is 1. The fraction of sp³-hybridized carbons (Fsp3) is 0.533. The molecule has 1 N–H and O–H groups in total. The van der Waals surface area contributed by atoms with Crippen LogP contribution in [0, 0.1) is 20.8 Å². The topological polar surface area (TPSA) is 46.5 Å². The summed E-state index contributed by atoms with van der Waals surface area (Å²) >= 11 is 0. The van der Waals surface area contributed by atoms with Gasteiger partial charge in [0, 0.05) is 13.7 Å². The summed E-state index contributed by atoms with van der Waals surface area (Å²) in [5.41, 5.74) is 3.34. The molecule has 0 fully saturated rings. The summed E-state index contributed by atoms with van der Waals surface area (Å²) in [5, 5.41) is 9.54. The van der Waals surface area contributed by atoms with Gasteiger partial charge >= 0.3 is 5.97 Å². The molecule has 3 heteroatoms. The maximum absolute atomic E-state index is 11.6. The molecule has 0 heterocycles. The number of carboxylic acid groups (broad SMARTS) is 1. The van der Waals surface area contributed by atoms with E-state index in [0.717, 1.165) is 16.7 Å². The van der Waals surface area contributed by atoms with E-state index in [1.165, 1.54) is 5.56 Å². The first kappa shape index (κ1) is 14.7. The lowest BCUT2D eigenvalue weighted by atomic mass is 9.76. The van der Waals surface area contributed by atoms with Crippen LogP contribution in [0.4, 0.5) is 0 Å². The number of hydrogen-bond acceptors (Lipinski definition) is 2. The van der Waals surface area contributed by atoms with E-state index in [2.05, 4.69) is 6.07 Å². The zero-order chi connectivity index (χ0) is 13.9. The van der Waals surface area contributed by atoms with Gasteiger partial charge in [0.1, 0.15) is 0 Å². The number of aliphatic carboxylic acids is 1. The molecule has 0 spiro atoms. The van der Waals surface area contributed by atoms with Crippen LogP contribution in [0.5, 0.6) is 0 Å². The molecule has 0 bridgehead atoms. The number of ether oxygens (including phenoxy) is 1. The highest BCUT2D eigenvalue weighted by atomic mass is 16.5. The van der Waals surface area contributed by atoms with Crippen molar-refractivity contribution in [2.45, 2.75) is 39.5 Å². The lowest BCUT2D eigenvalue weighted by molar-refractivity contribution is -0.144. The standard InChI is InChI=1S/C15H22O3/c1-10-8-12(3)13(9-11(10)2)15(4,14(16)17)6-7-18-5/h8-9H,6-7H2,1-5H3,(H,16,17). The third-order valence-electron chi connectivity index (χ3n) is 3.71. The molecule has 1 rings (SSSR count). The molecule has 0 saturated carbocycles. The highest BCUT2D eigenvalue weighted by Gasteiger charge is 2.36. The van der Waals surface area contributed by atoms with Crippen molar-refractivity contribution in [2.24, 2.45) is 0 Å². The summed E-state index contributed by atoms with van der Waals surface area (Å²) in [6.45, 7) is 8.23. The first-order valence-electron chi connectivity index (χ1n) is 6.13. The molecule has 1 aromatic carbocycles. The smallest absolute Gasteiger partial charge is 0.313 e. The van der Waals surface area contributed by atoms with Gasteiger partial charge < -0.3 is 9.84 Å². The first-order chi connectivity index (χ1) is 8.32. The predicted octanol–water partition coefficient (Wildman–Crippen LogP) is 2.99. The Morgan fingerprint density at radius 2 is 1.78 bits per heavy atom. The number of rotatable bonds is 5. The number of carbonyl (C=O) groups is 1. The molecule has 1 atom stereocenters. The summed E-state index contributed by atoms with van der Waals surface area (Å²) in [5.74, 6) is -0.800. The van der Waals surface area contributed by atoms with E-state index in [0.29, 0.717) is 13.0 Å². The Kier molecular flexibility index (Phi) is 4.52. The average molecular weight is 250 g/mol. The molecule has 0 saturated heterocycles. The van der Waals surface area contributed by atoms with E-state index in [9.17, 15) is 9.90 Å². The van der Waals surface area contributed by atoms with Crippen LogP contribution >= 0.6 is 0 Å². The van der Waals surface area contributed by atoms with Gasteiger partial charge in [-0.25, -0.2) is 0 Å². The Morgan fingerprint density at radius 3 is 2.28 bits per heavy atom. The summed E-state index contributed by atoms with van der Waals surface area (Å²) in [4.78, 5) is 11.6.